The molecule has 2 aromatic rings. The van der Waals surface area contributed by atoms with Gasteiger partial charge in [0.25, 0.3) is 5.91 Å². The van der Waals surface area contributed by atoms with Crippen LogP contribution in [0.1, 0.15) is 31.8 Å². The van der Waals surface area contributed by atoms with Crippen molar-refractivity contribution in [3.05, 3.63) is 39.6 Å². The van der Waals surface area contributed by atoms with Crippen molar-refractivity contribution in [3.63, 3.8) is 0 Å². The Morgan fingerprint density at radius 3 is 2.14 bits per heavy atom. The topological polar surface area (TPSA) is 100 Å². The largest absolute Gasteiger partial charge is 0.493 e. The number of hydrogen-bond acceptors (Lipinski definition) is 8. The Balaban J connectivity index is 2.00. The average Bonchev–Trinajstić information content (AvgIpc) is 3.16. The maximum absolute atomic E-state index is 12.5. The zero-order valence-corrected chi connectivity index (χ0v) is 17.7. The minimum absolute atomic E-state index is 0.212. The highest BCUT2D eigenvalue weighted by atomic mass is 32.1. The van der Waals surface area contributed by atoms with Gasteiger partial charge in [0.2, 0.25) is 11.5 Å². The molecular weight excluding hydrogens is 398 g/mol. The van der Waals surface area contributed by atoms with Crippen LogP contribution in [0.5, 0.6) is 17.2 Å². The van der Waals surface area contributed by atoms with Crippen molar-refractivity contribution in [2.24, 2.45) is 0 Å². The molecule has 156 valence electrons. The number of methoxy groups -OCH3 is 3. The van der Waals surface area contributed by atoms with Crippen molar-refractivity contribution in [1.82, 2.24) is 5.32 Å². The average molecular weight is 421 g/mol. The number of aryl methyl sites for hydroxylation is 1. The molecule has 0 aliphatic rings. The fourth-order valence-corrected chi connectivity index (χ4v) is 3.26. The molecule has 8 nitrogen and oxygen atoms in total. The molecule has 2 rings (SSSR count). The second-order valence-electron chi connectivity index (χ2n) is 6.05. The second kappa shape index (κ2) is 9.92. The Labute approximate surface area is 172 Å². The van der Waals surface area contributed by atoms with E-state index in [1.54, 1.807) is 6.07 Å². The molecule has 0 bridgehead atoms. The van der Waals surface area contributed by atoms with E-state index in [-0.39, 0.29) is 18.0 Å². The summed E-state index contributed by atoms with van der Waals surface area (Å²) in [7, 11) is 4.33. The van der Waals surface area contributed by atoms with Crippen LogP contribution in [-0.2, 0) is 9.53 Å². The number of ketones is 1. The highest BCUT2D eigenvalue weighted by Gasteiger charge is 2.22. The first kappa shape index (κ1) is 22.2. The third kappa shape index (κ3) is 5.47. The van der Waals surface area contributed by atoms with Crippen molar-refractivity contribution >= 4 is 29.0 Å². The van der Waals surface area contributed by atoms with E-state index in [4.69, 9.17) is 18.9 Å². The summed E-state index contributed by atoms with van der Waals surface area (Å²) in [6.45, 7) is 2.97. The second-order valence-corrected chi connectivity index (χ2v) is 7.34. The van der Waals surface area contributed by atoms with Gasteiger partial charge in [-0.25, -0.2) is 4.79 Å². The Morgan fingerprint density at radius 2 is 1.66 bits per heavy atom. The lowest BCUT2D eigenvalue weighted by Gasteiger charge is -2.16. The molecule has 0 saturated carbocycles. The van der Waals surface area contributed by atoms with E-state index < -0.39 is 17.9 Å². The normalized spacial score (nSPS) is 11.3. The van der Waals surface area contributed by atoms with E-state index in [0.29, 0.717) is 22.1 Å². The third-order valence-corrected chi connectivity index (χ3v) is 5.03. The van der Waals surface area contributed by atoms with Gasteiger partial charge in [-0.05, 0) is 38.1 Å². The maximum Gasteiger partial charge on any atom is 0.328 e. The molecule has 1 heterocycles. The smallest absolute Gasteiger partial charge is 0.328 e. The van der Waals surface area contributed by atoms with Crippen LogP contribution < -0.4 is 19.5 Å². The summed E-state index contributed by atoms with van der Waals surface area (Å²) in [5.74, 6) is -0.574. The van der Waals surface area contributed by atoms with E-state index in [0.717, 1.165) is 4.88 Å². The number of esters is 1. The summed E-state index contributed by atoms with van der Waals surface area (Å²) >= 11 is 1.33. The van der Waals surface area contributed by atoms with Gasteiger partial charge in [0.1, 0.15) is 6.04 Å². The van der Waals surface area contributed by atoms with Crippen molar-refractivity contribution in [2.75, 3.05) is 27.9 Å². The first-order valence-electron chi connectivity index (χ1n) is 8.67. The zero-order valence-electron chi connectivity index (χ0n) is 16.9. The summed E-state index contributed by atoms with van der Waals surface area (Å²) in [5.41, 5.74) is 0.212. The van der Waals surface area contributed by atoms with Gasteiger partial charge in [0.05, 0.1) is 26.2 Å². The van der Waals surface area contributed by atoms with Gasteiger partial charge in [-0.15, -0.1) is 11.3 Å². The standard InChI is InChI=1S/C20H23NO7S/c1-11-6-7-17(29-11)14(22)10-28-20(24)12(2)21-19(23)13-8-15(25-3)18(27-5)16(9-13)26-4/h6-9,12H,10H2,1-5H3,(H,21,23)/t12-/m0/s1. The van der Waals surface area contributed by atoms with Crippen molar-refractivity contribution < 1.29 is 33.3 Å². The number of Topliss-reactive ketones (excluding diaryl/α,β-unsaturated/α-hetero) is 1. The highest BCUT2D eigenvalue weighted by molar-refractivity contribution is 7.14. The fourth-order valence-electron chi connectivity index (χ4n) is 2.47. The van der Waals surface area contributed by atoms with Crippen LogP contribution in [0.4, 0.5) is 0 Å². The van der Waals surface area contributed by atoms with Gasteiger partial charge in [0.15, 0.2) is 18.1 Å². The molecule has 0 aliphatic heterocycles. The molecule has 0 radical (unpaired) electrons. The Bertz CT molecular complexity index is 881. The van der Waals surface area contributed by atoms with Crippen LogP contribution in [-0.4, -0.2) is 51.6 Å². The number of hydrogen-bond donors (Lipinski definition) is 1. The highest BCUT2D eigenvalue weighted by Crippen LogP contribution is 2.38. The SMILES string of the molecule is COc1cc(C(=O)N[C@@H](C)C(=O)OCC(=O)c2ccc(C)s2)cc(OC)c1OC. The number of rotatable bonds is 9. The summed E-state index contributed by atoms with van der Waals surface area (Å²) in [5, 5.41) is 2.53. The lowest BCUT2D eigenvalue weighted by atomic mass is 10.1. The molecule has 0 aliphatic carbocycles. The van der Waals surface area contributed by atoms with Crippen LogP contribution in [0.2, 0.25) is 0 Å². The van der Waals surface area contributed by atoms with Crippen LogP contribution >= 0.6 is 11.3 Å². The molecule has 1 aromatic heterocycles. The lowest BCUT2D eigenvalue weighted by molar-refractivity contribution is -0.144. The minimum atomic E-state index is -0.959. The van der Waals surface area contributed by atoms with E-state index in [9.17, 15) is 14.4 Å². The first-order valence-corrected chi connectivity index (χ1v) is 9.49. The van der Waals surface area contributed by atoms with Crippen LogP contribution in [0.25, 0.3) is 0 Å². The number of carbonyl (C=O) groups is 3. The fraction of sp³-hybridized carbons (Fsp3) is 0.350. The molecule has 29 heavy (non-hydrogen) atoms. The monoisotopic (exact) mass is 421 g/mol. The molecule has 0 unspecified atom stereocenters. The van der Waals surface area contributed by atoms with Gasteiger partial charge in [-0.2, -0.15) is 0 Å². The molecule has 0 saturated heterocycles. The quantitative estimate of drug-likeness (QED) is 0.491. The van der Waals surface area contributed by atoms with E-state index in [1.165, 1.54) is 51.7 Å². The Kier molecular flexibility index (Phi) is 7.60. The molecular formula is C20H23NO7S. The van der Waals surface area contributed by atoms with Gasteiger partial charge >= 0.3 is 5.97 Å². The molecule has 1 amide bonds. The molecule has 1 N–H and O–H groups in total. The maximum atomic E-state index is 12.5. The molecule has 0 spiro atoms. The number of nitrogens with one attached hydrogen (secondary N) is 1. The van der Waals surface area contributed by atoms with Crippen LogP contribution in [0.3, 0.4) is 0 Å². The molecule has 1 atom stereocenters. The number of benzene rings is 1. The number of thiophene rings is 1. The minimum Gasteiger partial charge on any atom is -0.493 e. The predicted molar refractivity (Wildman–Crippen MR) is 107 cm³/mol. The van der Waals surface area contributed by atoms with Gasteiger partial charge < -0.3 is 24.3 Å². The van der Waals surface area contributed by atoms with E-state index in [1.807, 2.05) is 13.0 Å². The summed E-state index contributed by atoms with van der Waals surface area (Å²) < 4.78 is 20.7. The van der Waals surface area contributed by atoms with Gasteiger partial charge in [-0.1, -0.05) is 0 Å². The Hall–Kier alpha value is -3.07. The van der Waals surface area contributed by atoms with Crippen molar-refractivity contribution in [3.8, 4) is 17.2 Å². The summed E-state index contributed by atoms with van der Waals surface area (Å²) in [6, 6.07) is 5.49. The lowest BCUT2D eigenvalue weighted by Crippen LogP contribution is -2.40. The zero-order chi connectivity index (χ0) is 21.6. The molecule has 1 aromatic carbocycles. The van der Waals surface area contributed by atoms with Gasteiger partial charge in [-0.3, -0.25) is 9.59 Å². The summed E-state index contributed by atoms with van der Waals surface area (Å²) in [4.78, 5) is 38.2. The van der Waals surface area contributed by atoms with Crippen molar-refractivity contribution in [2.45, 2.75) is 19.9 Å². The van der Waals surface area contributed by atoms with E-state index >= 15 is 0 Å². The first-order chi connectivity index (χ1) is 13.8. The predicted octanol–water partition coefficient (Wildman–Crippen LogP) is 2.63. The Morgan fingerprint density at radius 1 is 1.03 bits per heavy atom. The summed E-state index contributed by atoms with van der Waals surface area (Å²) in [6.07, 6.45) is 0. The van der Waals surface area contributed by atoms with Crippen LogP contribution in [0.15, 0.2) is 24.3 Å². The number of carbonyl (C=O) groups excluding carboxylic acids is 3. The number of ether oxygens (including phenoxy) is 4. The molecule has 0 fully saturated rings. The van der Waals surface area contributed by atoms with Crippen LogP contribution in [0, 0.1) is 6.92 Å². The van der Waals surface area contributed by atoms with E-state index in [2.05, 4.69) is 5.32 Å². The molecule has 9 heteroatoms. The van der Waals surface area contributed by atoms with Crippen molar-refractivity contribution in [1.29, 1.82) is 0 Å². The van der Waals surface area contributed by atoms with Gasteiger partial charge in [0, 0.05) is 10.4 Å². The third-order valence-electron chi connectivity index (χ3n) is 3.99. The number of amides is 1.